The number of fused-ring (bicyclic) bond motifs is 2. The lowest BCUT2D eigenvalue weighted by Gasteiger charge is -2.29. The van der Waals surface area contributed by atoms with Crippen LogP contribution < -0.4 is 4.90 Å². The summed E-state index contributed by atoms with van der Waals surface area (Å²) in [6.45, 7) is 1.49. The van der Waals surface area contributed by atoms with Crippen LogP contribution >= 0.6 is 0 Å². The van der Waals surface area contributed by atoms with Crippen LogP contribution in [-0.4, -0.2) is 11.9 Å². The molecule has 0 N–H and O–H groups in total. The Morgan fingerprint density at radius 2 is 1.95 bits per heavy atom. The van der Waals surface area contributed by atoms with E-state index >= 15 is 0 Å². The Kier molecular flexibility index (Phi) is 2.57. The van der Waals surface area contributed by atoms with Crippen LogP contribution in [0.1, 0.15) is 12.5 Å². The molecule has 1 heterocycles. The third-order valence-corrected chi connectivity index (χ3v) is 3.36. The molecule has 92 valence electrons. The fourth-order valence-corrected chi connectivity index (χ4v) is 2.48. The Balaban J connectivity index is 2.27. The summed E-state index contributed by atoms with van der Waals surface area (Å²) in [6.07, 6.45) is 3.67. The highest BCUT2D eigenvalue weighted by Crippen LogP contribution is 2.33. The van der Waals surface area contributed by atoms with Gasteiger partial charge in [0.1, 0.15) is 6.04 Å². The lowest BCUT2D eigenvalue weighted by molar-refractivity contribution is -0.116. The average Bonchev–Trinajstić information content (AvgIpc) is 2.43. The standard InChI is InChI=1S/C16H12N2O/c1-11(19)18-15(10-17)7-6-14-8-12-4-2-3-5-13(12)9-16(14)18/h2-9,15H,1H3. The van der Waals surface area contributed by atoms with Crippen LogP contribution in [0.2, 0.25) is 0 Å². The number of nitriles is 1. The second-order valence-corrected chi connectivity index (χ2v) is 4.58. The third kappa shape index (κ3) is 1.78. The fourth-order valence-electron chi connectivity index (χ4n) is 2.48. The fraction of sp³-hybridized carbons (Fsp3) is 0.125. The lowest BCUT2D eigenvalue weighted by atomic mass is 9.99. The third-order valence-electron chi connectivity index (χ3n) is 3.36. The van der Waals surface area contributed by atoms with Gasteiger partial charge in [0.05, 0.1) is 11.8 Å². The zero-order valence-electron chi connectivity index (χ0n) is 10.5. The number of benzene rings is 2. The second-order valence-electron chi connectivity index (χ2n) is 4.58. The van der Waals surface area contributed by atoms with E-state index in [2.05, 4.69) is 6.07 Å². The number of amides is 1. The van der Waals surface area contributed by atoms with Gasteiger partial charge in [-0.15, -0.1) is 0 Å². The highest BCUT2D eigenvalue weighted by molar-refractivity contribution is 6.01. The van der Waals surface area contributed by atoms with Crippen molar-refractivity contribution < 1.29 is 4.79 Å². The number of hydrogen-bond acceptors (Lipinski definition) is 2. The molecule has 1 amide bonds. The molecular formula is C16H12N2O. The van der Waals surface area contributed by atoms with Crippen molar-refractivity contribution >= 4 is 28.4 Å². The molecule has 1 unspecified atom stereocenters. The Morgan fingerprint density at radius 1 is 1.26 bits per heavy atom. The van der Waals surface area contributed by atoms with Crippen molar-refractivity contribution in [2.75, 3.05) is 4.90 Å². The summed E-state index contributed by atoms with van der Waals surface area (Å²) in [6, 6.07) is 13.6. The first-order valence-corrected chi connectivity index (χ1v) is 6.11. The number of anilines is 1. The maximum atomic E-state index is 11.8. The molecule has 3 heteroatoms. The molecule has 0 fully saturated rings. The largest absolute Gasteiger partial charge is 0.292 e. The SMILES string of the molecule is CC(=O)N1c2cc3ccccc3cc2C=CC1C#N. The molecule has 0 aliphatic carbocycles. The van der Waals surface area contributed by atoms with Crippen LogP contribution in [0.25, 0.3) is 16.8 Å². The predicted molar refractivity (Wildman–Crippen MR) is 75.5 cm³/mol. The van der Waals surface area contributed by atoms with E-state index in [9.17, 15) is 4.79 Å². The second kappa shape index (κ2) is 4.25. The maximum absolute atomic E-state index is 11.8. The Bertz CT molecular complexity index is 740. The van der Waals surface area contributed by atoms with Gasteiger partial charge in [0.25, 0.3) is 0 Å². The van der Waals surface area contributed by atoms with Crippen molar-refractivity contribution in [3.8, 4) is 6.07 Å². The van der Waals surface area contributed by atoms with E-state index < -0.39 is 6.04 Å². The molecule has 3 nitrogen and oxygen atoms in total. The minimum absolute atomic E-state index is 0.118. The summed E-state index contributed by atoms with van der Waals surface area (Å²) < 4.78 is 0. The van der Waals surface area contributed by atoms with Gasteiger partial charge in [-0.3, -0.25) is 9.69 Å². The van der Waals surface area contributed by atoms with Crippen molar-refractivity contribution in [2.45, 2.75) is 13.0 Å². The normalized spacial score (nSPS) is 17.1. The summed E-state index contributed by atoms with van der Waals surface area (Å²) >= 11 is 0. The molecule has 0 radical (unpaired) electrons. The van der Waals surface area contributed by atoms with Gasteiger partial charge >= 0.3 is 0 Å². The summed E-state index contributed by atoms with van der Waals surface area (Å²) in [4.78, 5) is 13.4. The number of carbonyl (C=O) groups is 1. The van der Waals surface area contributed by atoms with Crippen molar-refractivity contribution in [1.29, 1.82) is 5.26 Å². The first-order valence-electron chi connectivity index (χ1n) is 6.11. The van der Waals surface area contributed by atoms with Crippen LogP contribution in [0.5, 0.6) is 0 Å². The van der Waals surface area contributed by atoms with Gasteiger partial charge in [0.15, 0.2) is 0 Å². The highest BCUT2D eigenvalue weighted by atomic mass is 16.2. The summed E-state index contributed by atoms with van der Waals surface area (Å²) in [5.41, 5.74) is 1.78. The Labute approximate surface area is 111 Å². The minimum Gasteiger partial charge on any atom is -0.292 e. The molecular weight excluding hydrogens is 236 g/mol. The molecule has 1 aliphatic heterocycles. The van der Waals surface area contributed by atoms with E-state index in [0.717, 1.165) is 22.0 Å². The summed E-state index contributed by atoms with van der Waals surface area (Å²) in [5, 5.41) is 11.4. The predicted octanol–water partition coefficient (Wildman–Crippen LogP) is 3.11. The topological polar surface area (TPSA) is 44.1 Å². The van der Waals surface area contributed by atoms with Crippen LogP contribution in [0.3, 0.4) is 0 Å². The lowest BCUT2D eigenvalue weighted by Crippen LogP contribution is -2.38. The maximum Gasteiger partial charge on any atom is 0.225 e. The molecule has 0 saturated heterocycles. The molecule has 0 saturated carbocycles. The monoisotopic (exact) mass is 248 g/mol. The first kappa shape index (κ1) is 11.5. The molecule has 0 bridgehead atoms. The number of hydrogen-bond donors (Lipinski definition) is 0. The smallest absolute Gasteiger partial charge is 0.225 e. The molecule has 3 rings (SSSR count). The summed E-state index contributed by atoms with van der Waals surface area (Å²) in [5.74, 6) is -0.118. The van der Waals surface area contributed by atoms with Crippen molar-refractivity contribution in [3.05, 3.63) is 48.0 Å². The molecule has 0 aromatic heterocycles. The van der Waals surface area contributed by atoms with E-state index in [1.165, 1.54) is 6.92 Å². The van der Waals surface area contributed by atoms with Crippen molar-refractivity contribution in [1.82, 2.24) is 0 Å². The molecule has 0 spiro atoms. The van der Waals surface area contributed by atoms with Crippen molar-refractivity contribution in [2.24, 2.45) is 0 Å². The Hall–Kier alpha value is -2.60. The number of carbonyl (C=O) groups excluding carboxylic acids is 1. The number of nitrogens with zero attached hydrogens (tertiary/aromatic N) is 2. The first-order chi connectivity index (χ1) is 9.20. The summed E-state index contributed by atoms with van der Waals surface area (Å²) in [7, 11) is 0. The minimum atomic E-state index is -0.522. The van der Waals surface area contributed by atoms with Crippen molar-refractivity contribution in [3.63, 3.8) is 0 Å². The van der Waals surface area contributed by atoms with Gasteiger partial charge in [-0.1, -0.05) is 30.3 Å². The van der Waals surface area contributed by atoms with Gasteiger partial charge in [-0.2, -0.15) is 5.26 Å². The van der Waals surface area contributed by atoms with Crippen LogP contribution in [0, 0.1) is 11.3 Å². The molecule has 1 atom stereocenters. The van der Waals surface area contributed by atoms with Gasteiger partial charge < -0.3 is 0 Å². The molecule has 2 aromatic carbocycles. The van der Waals surface area contributed by atoms with E-state index in [-0.39, 0.29) is 5.91 Å². The molecule has 2 aromatic rings. The van der Waals surface area contributed by atoms with Crippen LogP contribution in [0.4, 0.5) is 5.69 Å². The average molecular weight is 248 g/mol. The van der Waals surface area contributed by atoms with Crippen LogP contribution in [-0.2, 0) is 4.79 Å². The molecule has 19 heavy (non-hydrogen) atoms. The van der Waals surface area contributed by atoms with E-state index in [1.807, 2.05) is 42.5 Å². The zero-order valence-corrected chi connectivity index (χ0v) is 10.5. The zero-order chi connectivity index (χ0) is 13.4. The van der Waals surface area contributed by atoms with E-state index in [1.54, 1.807) is 11.0 Å². The molecule has 1 aliphatic rings. The quantitative estimate of drug-likeness (QED) is 0.719. The van der Waals surface area contributed by atoms with Gasteiger partial charge in [-0.25, -0.2) is 0 Å². The van der Waals surface area contributed by atoms with Gasteiger partial charge in [0, 0.05) is 6.92 Å². The van der Waals surface area contributed by atoms with Gasteiger partial charge in [0.2, 0.25) is 5.91 Å². The Morgan fingerprint density at radius 3 is 2.58 bits per heavy atom. The number of rotatable bonds is 0. The highest BCUT2D eigenvalue weighted by Gasteiger charge is 2.25. The van der Waals surface area contributed by atoms with E-state index in [4.69, 9.17) is 5.26 Å². The van der Waals surface area contributed by atoms with Gasteiger partial charge in [-0.05, 0) is 34.5 Å². The van der Waals surface area contributed by atoms with Crippen LogP contribution in [0.15, 0.2) is 42.5 Å². The van der Waals surface area contributed by atoms with E-state index in [0.29, 0.717) is 0 Å².